The molecule has 1 aromatic rings. The fourth-order valence-electron chi connectivity index (χ4n) is 2.32. The molecule has 0 bridgehead atoms. The third kappa shape index (κ3) is 5.64. The smallest absolute Gasteiger partial charge is 0.331 e. The van der Waals surface area contributed by atoms with E-state index in [1.54, 1.807) is 19.1 Å². The van der Waals surface area contributed by atoms with Crippen LogP contribution in [0.4, 0.5) is 0 Å². The van der Waals surface area contributed by atoms with Crippen LogP contribution in [0.5, 0.6) is 11.5 Å². The van der Waals surface area contributed by atoms with E-state index in [1.807, 2.05) is 13.8 Å². The van der Waals surface area contributed by atoms with E-state index in [0.717, 1.165) is 6.42 Å². The zero-order valence-electron chi connectivity index (χ0n) is 16.1. The van der Waals surface area contributed by atoms with Crippen LogP contribution in [-0.4, -0.2) is 37.2 Å². The van der Waals surface area contributed by atoms with Gasteiger partial charge in [-0.25, -0.2) is 4.79 Å². The van der Waals surface area contributed by atoms with Crippen LogP contribution in [-0.2, 0) is 14.3 Å². The van der Waals surface area contributed by atoms with Crippen molar-refractivity contribution in [3.63, 3.8) is 0 Å². The van der Waals surface area contributed by atoms with Gasteiger partial charge in [0.15, 0.2) is 18.1 Å². The van der Waals surface area contributed by atoms with Gasteiger partial charge in [-0.05, 0) is 36.6 Å². The lowest BCUT2D eigenvalue weighted by Crippen LogP contribution is -2.50. The summed E-state index contributed by atoms with van der Waals surface area (Å²) in [6.45, 7) is 5.82. The molecule has 1 unspecified atom stereocenters. The number of nitriles is 1. The Morgan fingerprint density at radius 2 is 2.11 bits per heavy atom. The van der Waals surface area contributed by atoms with Crippen molar-refractivity contribution in [3.8, 4) is 17.6 Å². The maximum Gasteiger partial charge on any atom is 0.331 e. The van der Waals surface area contributed by atoms with Crippen LogP contribution in [0.2, 0.25) is 5.02 Å². The zero-order chi connectivity index (χ0) is 20.7. The van der Waals surface area contributed by atoms with Crippen molar-refractivity contribution >= 4 is 29.6 Å². The summed E-state index contributed by atoms with van der Waals surface area (Å²) in [6.07, 6.45) is 3.45. The van der Waals surface area contributed by atoms with E-state index in [-0.39, 0.29) is 5.92 Å². The lowest BCUT2D eigenvalue weighted by atomic mass is 9.90. The highest BCUT2D eigenvalue weighted by Gasteiger charge is 2.30. The molecule has 0 fully saturated rings. The predicted molar refractivity (Wildman–Crippen MR) is 104 cm³/mol. The van der Waals surface area contributed by atoms with E-state index in [9.17, 15) is 14.9 Å². The summed E-state index contributed by atoms with van der Waals surface area (Å²) in [5.74, 6) is -0.330. The molecule has 1 heterocycles. The summed E-state index contributed by atoms with van der Waals surface area (Å²) in [7, 11) is 0. The molecular formula is C20H23ClN2O5. The number of carbonyl (C=O) groups excluding carboxylic acids is 2. The molecule has 0 radical (unpaired) electrons. The lowest BCUT2D eigenvalue weighted by Gasteiger charge is -2.27. The maximum absolute atomic E-state index is 11.9. The monoisotopic (exact) mass is 406 g/mol. The second-order valence-electron chi connectivity index (χ2n) is 6.84. The van der Waals surface area contributed by atoms with Gasteiger partial charge < -0.3 is 19.5 Å². The largest absolute Gasteiger partial charge is 0.489 e. The van der Waals surface area contributed by atoms with Gasteiger partial charge in [-0.15, -0.1) is 0 Å². The van der Waals surface area contributed by atoms with Crippen LogP contribution in [0.1, 0.15) is 32.8 Å². The molecule has 1 aliphatic rings. The molecule has 0 spiro atoms. The first-order chi connectivity index (χ1) is 13.2. The van der Waals surface area contributed by atoms with Crippen LogP contribution in [0.15, 0.2) is 18.2 Å². The average Bonchev–Trinajstić information content (AvgIpc) is 2.90. The first kappa shape index (κ1) is 21.6. The summed E-state index contributed by atoms with van der Waals surface area (Å²) < 4.78 is 16.1. The molecular weight excluding hydrogens is 384 g/mol. The second kappa shape index (κ2) is 9.47. The number of carbonyl (C=O) groups is 2. The summed E-state index contributed by atoms with van der Waals surface area (Å²) in [4.78, 5) is 23.8. The van der Waals surface area contributed by atoms with Crippen LogP contribution in [0, 0.1) is 17.2 Å². The highest BCUT2D eigenvalue weighted by atomic mass is 35.5. The van der Waals surface area contributed by atoms with Crippen molar-refractivity contribution in [1.82, 2.24) is 5.32 Å². The summed E-state index contributed by atoms with van der Waals surface area (Å²) >= 11 is 6.20. The Bertz CT molecular complexity index is 816. The predicted octanol–water partition coefficient (Wildman–Crippen LogP) is 3.11. The molecule has 28 heavy (non-hydrogen) atoms. The van der Waals surface area contributed by atoms with Gasteiger partial charge in [0.2, 0.25) is 0 Å². The molecule has 1 aromatic carbocycles. The number of rotatable bonds is 6. The summed E-state index contributed by atoms with van der Waals surface area (Å²) in [5, 5.41) is 12.2. The molecule has 1 atom stereocenters. The highest BCUT2D eigenvalue weighted by molar-refractivity contribution is 6.32. The van der Waals surface area contributed by atoms with Gasteiger partial charge in [0, 0.05) is 12.5 Å². The van der Waals surface area contributed by atoms with Crippen molar-refractivity contribution < 1.29 is 23.8 Å². The van der Waals surface area contributed by atoms with Crippen LogP contribution >= 0.6 is 11.6 Å². The van der Waals surface area contributed by atoms with Gasteiger partial charge in [-0.1, -0.05) is 25.4 Å². The Morgan fingerprint density at radius 3 is 2.79 bits per heavy atom. The SMILES string of the molecule is CC(C)C(C)(C#N)NC(=O)COC(=O)/C=C/c1cc(Cl)c2c(c1)OCCCO2. The van der Waals surface area contributed by atoms with Gasteiger partial charge in [0.1, 0.15) is 5.54 Å². The quantitative estimate of drug-likeness (QED) is 0.575. The molecule has 8 heteroatoms. The number of nitrogens with one attached hydrogen (secondary N) is 1. The Kier molecular flexibility index (Phi) is 7.30. The van der Waals surface area contributed by atoms with Crippen molar-refractivity contribution in [2.45, 2.75) is 32.7 Å². The summed E-state index contributed by atoms with van der Waals surface area (Å²) in [5.41, 5.74) is -0.396. The van der Waals surface area contributed by atoms with Gasteiger partial charge in [-0.3, -0.25) is 4.79 Å². The van der Waals surface area contributed by atoms with E-state index in [1.165, 1.54) is 12.2 Å². The molecule has 1 N–H and O–H groups in total. The van der Waals surface area contributed by atoms with Crippen LogP contribution in [0.25, 0.3) is 6.08 Å². The fourth-order valence-corrected chi connectivity index (χ4v) is 2.60. The molecule has 1 amide bonds. The minimum absolute atomic E-state index is 0.0961. The van der Waals surface area contributed by atoms with E-state index >= 15 is 0 Å². The van der Waals surface area contributed by atoms with E-state index in [0.29, 0.717) is 35.3 Å². The third-order valence-electron chi connectivity index (χ3n) is 4.37. The molecule has 0 saturated carbocycles. The molecule has 0 aromatic heterocycles. The van der Waals surface area contributed by atoms with Crippen molar-refractivity contribution in [2.24, 2.45) is 5.92 Å². The van der Waals surface area contributed by atoms with Crippen LogP contribution in [0.3, 0.4) is 0 Å². The first-order valence-corrected chi connectivity index (χ1v) is 9.29. The van der Waals surface area contributed by atoms with Crippen molar-refractivity contribution in [2.75, 3.05) is 19.8 Å². The Morgan fingerprint density at radius 1 is 1.39 bits per heavy atom. The zero-order valence-corrected chi connectivity index (χ0v) is 16.8. The van der Waals surface area contributed by atoms with Gasteiger partial charge in [-0.2, -0.15) is 5.26 Å². The van der Waals surface area contributed by atoms with Crippen molar-refractivity contribution in [1.29, 1.82) is 5.26 Å². The number of benzene rings is 1. The molecule has 0 saturated heterocycles. The topological polar surface area (TPSA) is 97.7 Å². The molecule has 0 aliphatic carbocycles. The number of hydrogen-bond donors (Lipinski definition) is 1. The van der Waals surface area contributed by atoms with Crippen molar-refractivity contribution in [3.05, 3.63) is 28.8 Å². The standard InChI is InChI=1S/C20H23ClN2O5/c1-13(2)20(3,12-22)23-17(24)11-28-18(25)6-5-14-9-15(21)19-16(10-14)26-7-4-8-27-19/h5-6,9-10,13H,4,7-8,11H2,1-3H3,(H,23,24)/b6-5+. The number of halogens is 1. The number of esters is 1. The number of amides is 1. The third-order valence-corrected chi connectivity index (χ3v) is 4.65. The minimum Gasteiger partial charge on any atom is -0.489 e. The minimum atomic E-state index is -1.03. The highest BCUT2D eigenvalue weighted by Crippen LogP contribution is 2.38. The molecule has 7 nitrogen and oxygen atoms in total. The summed E-state index contributed by atoms with van der Waals surface area (Å²) in [6, 6.07) is 5.41. The number of hydrogen-bond acceptors (Lipinski definition) is 6. The Balaban J connectivity index is 1.94. The van der Waals surface area contributed by atoms with Crippen LogP contribution < -0.4 is 14.8 Å². The second-order valence-corrected chi connectivity index (χ2v) is 7.25. The van der Waals surface area contributed by atoms with Gasteiger partial charge >= 0.3 is 5.97 Å². The number of ether oxygens (including phenoxy) is 3. The van der Waals surface area contributed by atoms with E-state index in [2.05, 4.69) is 11.4 Å². The maximum atomic E-state index is 11.9. The van der Waals surface area contributed by atoms with Gasteiger partial charge in [0.25, 0.3) is 5.91 Å². The number of fused-ring (bicyclic) bond motifs is 1. The van der Waals surface area contributed by atoms with Gasteiger partial charge in [0.05, 0.1) is 24.3 Å². The molecule has 150 valence electrons. The molecule has 1 aliphatic heterocycles. The Hall–Kier alpha value is -2.72. The Labute approximate surface area is 169 Å². The first-order valence-electron chi connectivity index (χ1n) is 8.91. The molecule has 2 rings (SSSR count). The average molecular weight is 407 g/mol. The van der Waals surface area contributed by atoms with E-state index < -0.39 is 24.0 Å². The lowest BCUT2D eigenvalue weighted by molar-refractivity contribution is -0.144. The normalized spacial score (nSPS) is 15.4. The number of nitrogens with zero attached hydrogens (tertiary/aromatic N) is 1. The fraction of sp³-hybridized carbons (Fsp3) is 0.450. The van der Waals surface area contributed by atoms with E-state index in [4.69, 9.17) is 25.8 Å².